The molecule has 0 radical (unpaired) electrons. The second kappa shape index (κ2) is 9.75. The maximum atomic E-state index is 14.3. The molecule has 0 spiro atoms. The van der Waals surface area contributed by atoms with E-state index in [9.17, 15) is 18.4 Å². The fraction of sp³-hybridized carbons (Fsp3) is 0.160. The van der Waals surface area contributed by atoms with E-state index in [1.807, 2.05) is 0 Å². The molecule has 1 fully saturated rings. The third-order valence-corrected chi connectivity index (χ3v) is 6.56. The maximum Gasteiger partial charge on any atom is 0.242 e. The first-order valence-electron chi connectivity index (χ1n) is 10.7. The molecule has 2 amide bonds. The number of anilines is 1. The molecule has 178 valence electrons. The van der Waals surface area contributed by atoms with E-state index in [1.54, 1.807) is 36.4 Å². The summed E-state index contributed by atoms with van der Waals surface area (Å²) in [6, 6.07) is 17.1. The number of benzene rings is 3. The smallest absolute Gasteiger partial charge is 0.242 e. The summed E-state index contributed by atoms with van der Waals surface area (Å²) in [6.45, 7) is 0.262. The van der Waals surface area contributed by atoms with Crippen molar-refractivity contribution in [2.75, 3.05) is 12.1 Å². The predicted octanol–water partition coefficient (Wildman–Crippen LogP) is 4.85. The van der Waals surface area contributed by atoms with Gasteiger partial charge in [-0.1, -0.05) is 42.1 Å². The molecule has 0 unspecified atom stereocenters. The van der Waals surface area contributed by atoms with Gasteiger partial charge in [-0.2, -0.15) is 0 Å². The summed E-state index contributed by atoms with van der Waals surface area (Å²) in [6.07, 6.45) is -0.203. The van der Waals surface area contributed by atoms with Gasteiger partial charge in [-0.3, -0.25) is 14.5 Å². The summed E-state index contributed by atoms with van der Waals surface area (Å²) >= 11 is 1.07. The minimum absolute atomic E-state index is 0.0328. The van der Waals surface area contributed by atoms with Crippen molar-refractivity contribution < 1.29 is 27.8 Å². The van der Waals surface area contributed by atoms with E-state index in [4.69, 9.17) is 9.47 Å². The molecule has 0 saturated carbocycles. The third kappa shape index (κ3) is 4.97. The highest BCUT2D eigenvalue weighted by Gasteiger charge is 2.39. The van der Waals surface area contributed by atoms with E-state index in [0.717, 1.165) is 17.3 Å². The summed E-state index contributed by atoms with van der Waals surface area (Å²) < 4.78 is 38.9. The van der Waals surface area contributed by atoms with Crippen LogP contribution in [0.3, 0.4) is 0 Å². The second-order valence-electron chi connectivity index (χ2n) is 7.80. The second-order valence-corrected chi connectivity index (χ2v) is 8.97. The summed E-state index contributed by atoms with van der Waals surface area (Å²) in [5.74, 6) is -0.800. The summed E-state index contributed by atoms with van der Waals surface area (Å²) in [7, 11) is 0. The number of ether oxygens (including phenoxy) is 2. The largest absolute Gasteiger partial charge is 0.454 e. The monoisotopic (exact) mass is 495 g/mol. The number of carbonyl (C=O) groups excluding carboxylic acids is 2. The molecule has 1 saturated heterocycles. The highest BCUT2D eigenvalue weighted by atomic mass is 32.2. The number of amides is 2. The Hall–Kier alpha value is -3.92. The molecule has 0 aliphatic carbocycles. The molecule has 1 atom stereocenters. The summed E-state index contributed by atoms with van der Waals surface area (Å²) in [5, 5.41) is 1.96. The molecule has 1 N–H and O–H groups in total. The molecule has 2 aliphatic heterocycles. The van der Waals surface area contributed by atoms with Crippen LogP contribution in [0.25, 0.3) is 0 Å². The Morgan fingerprint density at radius 1 is 1.03 bits per heavy atom. The molecule has 2 heterocycles. The lowest BCUT2D eigenvalue weighted by atomic mass is 10.1. The number of hydrogen-bond acceptors (Lipinski definition) is 6. The topological polar surface area (TPSA) is 80.2 Å². The van der Waals surface area contributed by atoms with E-state index in [0.29, 0.717) is 11.5 Å². The van der Waals surface area contributed by atoms with E-state index in [-0.39, 0.29) is 42.2 Å². The molecule has 3 aromatic rings. The Balaban J connectivity index is 1.39. The van der Waals surface area contributed by atoms with Gasteiger partial charge in [0.25, 0.3) is 0 Å². The number of hydrogen-bond donors (Lipinski definition) is 1. The highest BCUT2D eigenvalue weighted by Crippen LogP contribution is 2.36. The zero-order valence-electron chi connectivity index (χ0n) is 18.2. The van der Waals surface area contributed by atoms with Crippen molar-refractivity contribution in [3.63, 3.8) is 0 Å². The first-order valence-corrected chi connectivity index (χ1v) is 11.6. The molecule has 0 bridgehead atoms. The first-order chi connectivity index (χ1) is 17.0. The lowest BCUT2D eigenvalue weighted by Crippen LogP contribution is -2.33. The number of thioether (sulfide) groups is 1. The zero-order chi connectivity index (χ0) is 24.4. The highest BCUT2D eigenvalue weighted by molar-refractivity contribution is 8.15. The van der Waals surface area contributed by atoms with Crippen molar-refractivity contribution in [1.82, 2.24) is 4.90 Å². The van der Waals surface area contributed by atoms with Crippen LogP contribution in [-0.2, 0) is 16.1 Å². The lowest BCUT2D eigenvalue weighted by Gasteiger charge is -2.17. The molecule has 5 rings (SSSR count). The standard InChI is InChI=1S/C25H19F2N3O4S/c26-16-5-1-3-7-18(16)28-23(31)12-22-24(32)30(13-15-9-10-20-21(11-15)34-14-33-20)25(35-22)29-19-8-4-2-6-17(19)27/h1-11,22H,12-14H2,(H,28,31)/t22-/m1/s1. The molecule has 10 heteroatoms. The molecule has 7 nitrogen and oxygen atoms in total. The van der Waals surface area contributed by atoms with Gasteiger partial charge in [-0.05, 0) is 42.0 Å². The number of fused-ring (bicyclic) bond motifs is 1. The van der Waals surface area contributed by atoms with Crippen LogP contribution in [0.2, 0.25) is 0 Å². The number of halogens is 2. The van der Waals surface area contributed by atoms with Crippen molar-refractivity contribution in [2.45, 2.75) is 18.2 Å². The van der Waals surface area contributed by atoms with Gasteiger partial charge in [-0.15, -0.1) is 0 Å². The van der Waals surface area contributed by atoms with Crippen molar-refractivity contribution in [3.05, 3.63) is 83.9 Å². The van der Waals surface area contributed by atoms with Gasteiger partial charge in [0.05, 0.1) is 12.2 Å². The Bertz CT molecular complexity index is 1330. The first kappa shape index (κ1) is 22.9. The number of carbonyl (C=O) groups is 2. The fourth-order valence-corrected chi connectivity index (χ4v) is 4.82. The average molecular weight is 496 g/mol. The molecule has 35 heavy (non-hydrogen) atoms. The van der Waals surface area contributed by atoms with Crippen LogP contribution in [0.15, 0.2) is 71.7 Å². The van der Waals surface area contributed by atoms with Crippen LogP contribution in [0, 0.1) is 11.6 Å². The number of nitrogens with zero attached hydrogens (tertiary/aromatic N) is 2. The maximum absolute atomic E-state index is 14.3. The Morgan fingerprint density at radius 2 is 1.77 bits per heavy atom. The van der Waals surface area contributed by atoms with Crippen molar-refractivity contribution in [1.29, 1.82) is 0 Å². The van der Waals surface area contributed by atoms with Crippen molar-refractivity contribution in [2.24, 2.45) is 4.99 Å². The molecule has 0 aromatic heterocycles. The van der Waals surface area contributed by atoms with E-state index >= 15 is 0 Å². The van der Waals surface area contributed by atoms with Crippen molar-refractivity contribution >= 4 is 40.1 Å². The van der Waals surface area contributed by atoms with Crippen LogP contribution in [0.4, 0.5) is 20.2 Å². The third-order valence-electron chi connectivity index (χ3n) is 5.38. The van der Waals surface area contributed by atoms with Crippen LogP contribution in [0.1, 0.15) is 12.0 Å². The van der Waals surface area contributed by atoms with Gasteiger partial charge in [0.2, 0.25) is 18.6 Å². The van der Waals surface area contributed by atoms with Crippen LogP contribution >= 0.6 is 11.8 Å². The van der Waals surface area contributed by atoms with E-state index < -0.39 is 22.8 Å². The Morgan fingerprint density at radius 3 is 2.57 bits per heavy atom. The van der Waals surface area contributed by atoms with Gasteiger partial charge in [0, 0.05) is 6.42 Å². The van der Waals surface area contributed by atoms with Gasteiger partial charge in [-0.25, -0.2) is 13.8 Å². The number of para-hydroxylation sites is 2. The zero-order valence-corrected chi connectivity index (χ0v) is 19.1. The summed E-state index contributed by atoms with van der Waals surface area (Å²) in [4.78, 5) is 31.7. The molecular weight excluding hydrogens is 476 g/mol. The summed E-state index contributed by atoms with van der Waals surface area (Å²) in [5.41, 5.74) is 0.862. The van der Waals surface area contributed by atoms with E-state index in [1.165, 1.54) is 35.2 Å². The van der Waals surface area contributed by atoms with E-state index in [2.05, 4.69) is 10.3 Å². The number of aliphatic imine (C=N–C) groups is 1. The van der Waals surface area contributed by atoms with Crippen molar-refractivity contribution in [3.8, 4) is 11.5 Å². The average Bonchev–Trinajstić information content (AvgIpc) is 3.42. The quantitative estimate of drug-likeness (QED) is 0.529. The van der Waals surface area contributed by atoms with Gasteiger partial charge in [0.1, 0.15) is 22.6 Å². The van der Waals surface area contributed by atoms with Crippen LogP contribution < -0.4 is 14.8 Å². The van der Waals surface area contributed by atoms with Gasteiger partial charge >= 0.3 is 0 Å². The number of amidine groups is 1. The molecule has 3 aromatic carbocycles. The van der Waals surface area contributed by atoms with Gasteiger partial charge in [0.15, 0.2) is 16.7 Å². The predicted molar refractivity (Wildman–Crippen MR) is 128 cm³/mol. The van der Waals surface area contributed by atoms with Gasteiger partial charge < -0.3 is 14.8 Å². The normalized spacial score (nSPS) is 17.8. The number of nitrogens with one attached hydrogen (secondary N) is 1. The minimum Gasteiger partial charge on any atom is -0.454 e. The number of rotatable bonds is 6. The lowest BCUT2D eigenvalue weighted by molar-refractivity contribution is -0.128. The van der Waals surface area contributed by atoms with Crippen LogP contribution in [0.5, 0.6) is 11.5 Å². The Kier molecular flexibility index (Phi) is 6.37. The molecular formula is C25H19F2N3O4S. The Labute approximate surface area is 203 Å². The fourth-order valence-electron chi connectivity index (χ4n) is 3.67. The molecule has 2 aliphatic rings. The SMILES string of the molecule is O=C(C[C@H]1SC(=Nc2ccccc2F)N(Cc2ccc3c(c2)OCO3)C1=O)Nc1ccccc1F. The van der Waals surface area contributed by atoms with Crippen LogP contribution in [-0.4, -0.2) is 33.9 Å². The minimum atomic E-state index is -0.804.